The van der Waals surface area contributed by atoms with Gasteiger partial charge in [0.05, 0.1) is 25.5 Å². The molecule has 1 atom stereocenters. The number of ether oxygens (including phenoxy) is 1. The number of carboxylic acid groups (broad SMARTS) is 1. The summed E-state index contributed by atoms with van der Waals surface area (Å²) in [6.45, 7) is 6.84. The lowest BCUT2D eigenvalue weighted by Crippen LogP contribution is -2.44. The van der Waals surface area contributed by atoms with Crippen LogP contribution in [0.4, 0.5) is 10.6 Å². The zero-order chi connectivity index (χ0) is 35.4. The van der Waals surface area contributed by atoms with Gasteiger partial charge in [0.2, 0.25) is 5.91 Å². The summed E-state index contributed by atoms with van der Waals surface area (Å²) < 4.78 is 11.2. The summed E-state index contributed by atoms with van der Waals surface area (Å²) in [5.74, 6) is 3.42. The molecule has 0 bridgehead atoms. The molecule has 0 radical (unpaired) electrons. The average Bonchev–Trinajstić information content (AvgIpc) is 3.86. The Morgan fingerprint density at radius 1 is 0.940 bits per heavy atom. The number of aliphatic hydroxyl groups excluding tert-OH is 1. The summed E-state index contributed by atoms with van der Waals surface area (Å²) in [5, 5.41) is 20.1. The van der Waals surface area contributed by atoms with Crippen LogP contribution in [0.5, 0.6) is 5.75 Å². The maximum absolute atomic E-state index is 14.5. The molecule has 0 saturated heterocycles. The molecule has 0 aliphatic heterocycles. The van der Waals surface area contributed by atoms with E-state index in [-0.39, 0.29) is 30.2 Å². The van der Waals surface area contributed by atoms with Gasteiger partial charge in [-0.2, -0.15) is 0 Å². The van der Waals surface area contributed by atoms with Crippen LogP contribution in [-0.4, -0.2) is 74.9 Å². The average molecular weight is 688 g/mol. The van der Waals surface area contributed by atoms with Crippen LogP contribution in [0.2, 0.25) is 0 Å². The van der Waals surface area contributed by atoms with Crippen molar-refractivity contribution in [3.63, 3.8) is 0 Å². The molecule has 50 heavy (non-hydrogen) atoms. The maximum atomic E-state index is 14.5. The third-order valence-electron chi connectivity index (χ3n) is 11.1. The van der Waals surface area contributed by atoms with Crippen molar-refractivity contribution in [1.82, 2.24) is 19.9 Å². The van der Waals surface area contributed by atoms with E-state index in [0.29, 0.717) is 49.5 Å². The monoisotopic (exact) mass is 687 g/mol. The summed E-state index contributed by atoms with van der Waals surface area (Å²) in [5.41, 5.74) is 3.66. The van der Waals surface area contributed by atoms with Gasteiger partial charge in [-0.15, -0.1) is 0 Å². The Bertz CT molecular complexity index is 1610. The first kappa shape index (κ1) is 35.8. The lowest BCUT2D eigenvalue weighted by atomic mass is 9.79. The van der Waals surface area contributed by atoms with Crippen LogP contribution in [0.1, 0.15) is 107 Å². The van der Waals surface area contributed by atoms with Crippen molar-refractivity contribution in [1.29, 1.82) is 0 Å². The lowest BCUT2D eigenvalue weighted by Gasteiger charge is -2.36. The molecule has 3 aromatic heterocycles. The van der Waals surface area contributed by atoms with Crippen LogP contribution in [-0.2, 0) is 4.79 Å². The number of aromatic nitrogens is 3. The minimum absolute atomic E-state index is 0.0220. The number of pyridine rings is 2. The van der Waals surface area contributed by atoms with Gasteiger partial charge in [-0.3, -0.25) is 14.7 Å². The first-order valence-corrected chi connectivity index (χ1v) is 18.5. The van der Waals surface area contributed by atoms with Gasteiger partial charge >= 0.3 is 6.09 Å². The van der Waals surface area contributed by atoms with Crippen molar-refractivity contribution < 1.29 is 29.0 Å². The number of hydrogen-bond acceptors (Lipinski definition) is 8. The zero-order valence-corrected chi connectivity index (χ0v) is 30.0. The van der Waals surface area contributed by atoms with E-state index in [2.05, 4.69) is 6.07 Å². The molecular weight excluding hydrogens is 634 g/mol. The molecule has 3 saturated carbocycles. The standard InChI is InChI=1S/C39H53N5O6/c1-24(2)34(45)22-43(39(47)48)20-26-7-11-30(12-8-26)38(46)44(36-19-31(17-18-40-36)33-23-50-37(42-33)29-13-14-29)21-27-5-9-28(10-6-27)32-15-16-35(49-4)25(3)41-32/h15-19,23-24,26-30,34,45H,5-14,20-22H2,1-4H3,(H,47,48). The van der Waals surface area contributed by atoms with E-state index >= 15 is 0 Å². The number of hydrogen-bond donors (Lipinski definition) is 2. The predicted molar refractivity (Wildman–Crippen MR) is 190 cm³/mol. The summed E-state index contributed by atoms with van der Waals surface area (Å²) in [4.78, 5) is 44.0. The van der Waals surface area contributed by atoms with Crippen molar-refractivity contribution in [2.75, 3.05) is 31.6 Å². The Morgan fingerprint density at radius 3 is 2.26 bits per heavy atom. The second kappa shape index (κ2) is 15.9. The molecule has 3 aromatic rings. The SMILES string of the molecule is COc1ccc(C2CCC(CN(C(=O)C3CCC(CN(CC(O)C(C)C)C(=O)O)CC3)c3cc(-c4coc(C5CC5)n4)ccn3)CC2)nc1C. The number of nitrogens with zero attached hydrogens (tertiary/aromatic N) is 5. The molecule has 11 nitrogen and oxygen atoms in total. The number of aryl methyl sites for hydroxylation is 1. The van der Waals surface area contributed by atoms with Crippen molar-refractivity contribution in [3.8, 4) is 17.0 Å². The number of rotatable bonds is 13. The number of oxazole rings is 1. The Hall–Kier alpha value is -3.99. The highest BCUT2D eigenvalue weighted by Crippen LogP contribution is 2.41. The van der Waals surface area contributed by atoms with E-state index in [1.807, 2.05) is 43.9 Å². The van der Waals surface area contributed by atoms with Gasteiger partial charge in [0.1, 0.15) is 23.5 Å². The number of carbonyl (C=O) groups is 2. The normalized spacial score (nSPS) is 23.0. The van der Waals surface area contributed by atoms with E-state index in [1.54, 1.807) is 19.6 Å². The second-order valence-electron chi connectivity index (χ2n) is 15.2. The molecule has 3 heterocycles. The largest absolute Gasteiger partial charge is 0.495 e. The summed E-state index contributed by atoms with van der Waals surface area (Å²) in [6, 6.07) is 7.98. The van der Waals surface area contributed by atoms with Gasteiger partial charge < -0.3 is 24.3 Å². The van der Waals surface area contributed by atoms with Crippen LogP contribution in [0.3, 0.4) is 0 Å². The predicted octanol–water partition coefficient (Wildman–Crippen LogP) is 7.44. The number of aliphatic hydroxyl groups is 1. The molecule has 0 spiro atoms. The highest BCUT2D eigenvalue weighted by molar-refractivity contribution is 5.94. The van der Waals surface area contributed by atoms with Gasteiger partial charge in [-0.1, -0.05) is 13.8 Å². The molecular formula is C39H53N5O6. The van der Waals surface area contributed by atoms with Crippen molar-refractivity contribution >= 4 is 17.8 Å². The Balaban J connectivity index is 1.15. The zero-order valence-electron chi connectivity index (χ0n) is 30.0. The fourth-order valence-electron chi connectivity index (χ4n) is 7.66. The molecule has 0 aromatic carbocycles. The number of amides is 2. The van der Waals surface area contributed by atoms with Gasteiger partial charge in [0.15, 0.2) is 5.89 Å². The Kier molecular flexibility index (Phi) is 11.4. The molecule has 270 valence electrons. The topological polar surface area (TPSA) is 142 Å². The third kappa shape index (κ3) is 8.65. The van der Waals surface area contributed by atoms with Gasteiger partial charge in [0, 0.05) is 48.3 Å². The summed E-state index contributed by atoms with van der Waals surface area (Å²) in [7, 11) is 1.67. The van der Waals surface area contributed by atoms with Crippen LogP contribution < -0.4 is 9.64 Å². The van der Waals surface area contributed by atoms with Crippen LogP contribution >= 0.6 is 0 Å². The van der Waals surface area contributed by atoms with Crippen molar-refractivity contribution in [2.24, 2.45) is 23.7 Å². The summed E-state index contributed by atoms with van der Waals surface area (Å²) >= 11 is 0. The quantitative estimate of drug-likeness (QED) is 0.188. The fraction of sp³-hybridized carbons (Fsp3) is 0.615. The van der Waals surface area contributed by atoms with Gasteiger partial charge in [0.25, 0.3) is 0 Å². The van der Waals surface area contributed by atoms with Gasteiger partial charge in [-0.25, -0.2) is 14.8 Å². The van der Waals surface area contributed by atoms with Crippen LogP contribution in [0, 0.1) is 30.6 Å². The maximum Gasteiger partial charge on any atom is 0.407 e. The molecule has 1 unspecified atom stereocenters. The lowest BCUT2D eigenvalue weighted by molar-refractivity contribution is -0.123. The Morgan fingerprint density at radius 2 is 1.62 bits per heavy atom. The second-order valence-corrected chi connectivity index (χ2v) is 15.2. The molecule has 3 aliphatic rings. The van der Waals surface area contributed by atoms with E-state index in [0.717, 1.165) is 85.7 Å². The molecule has 11 heteroatoms. The number of anilines is 1. The van der Waals surface area contributed by atoms with Crippen LogP contribution in [0.25, 0.3) is 11.3 Å². The highest BCUT2D eigenvalue weighted by atomic mass is 16.5. The van der Waals surface area contributed by atoms with Crippen LogP contribution in [0.15, 0.2) is 41.1 Å². The van der Waals surface area contributed by atoms with E-state index in [1.165, 1.54) is 4.90 Å². The first-order valence-electron chi connectivity index (χ1n) is 18.5. The van der Waals surface area contributed by atoms with E-state index < -0.39 is 12.2 Å². The highest BCUT2D eigenvalue weighted by Gasteiger charge is 2.35. The first-order chi connectivity index (χ1) is 24.1. The Labute approximate surface area is 295 Å². The molecule has 6 rings (SSSR count). The molecule has 3 aliphatic carbocycles. The molecule has 2 amide bonds. The molecule has 3 fully saturated rings. The van der Waals surface area contributed by atoms with Crippen molar-refractivity contribution in [2.45, 2.75) is 103 Å². The fourth-order valence-corrected chi connectivity index (χ4v) is 7.66. The van der Waals surface area contributed by atoms with Crippen molar-refractivity contribution in [3.05, 3.63) is 54.0 Å². The molecule has 2 N–H and O–H groups in total. The minimum atomic E-state index is -1.01. The number of methoxy groups -OCH3 is 1. The van der Waals surface area contributed by atoms with E-state index in [9.17, 15) is 19.8 Å². The minimum Gasteiger partial charge on any atom is -0.495 e. The third-order valence-corrected chi connectivity index (χ3v) is 11.1. The summed E-state index contributed by atoms with van der Waals surface area (Å²) in [6.07, 6.45) is 10.9. The smallest absolute Gasteiger partial charge is 0.407 e. The van der Waals surface area contributed by atoms with E-state index in [4.69, 9.17) is 24.1 Å². The van der Waals surface area contributed by atoms with Gasteiger partial charge in [-0.05, 0) is 113 Å². The number of carbonyl (C=O) groups excluding carboxylic acids is 1.